The largest absolute Gasteiger partial charge is 0.425 e. The molecule has 0 atom stereocenters. The minimum atomic E-state index is -0.853. The monoisotopic (exact) mass is 220 g/mol. The lowest BCUT2D eigenvalue weighted by Crippen LogP contribution is -1.96. The molecule has 6 heteroatoms. The molecule has 0 aromatic heterocycles. The van der Waals surface area contributed by atoms with E-state index >= 15 is 0 Å². The molecular formula is C10H6NO5. The van der Waals surface area contributed by atoms with Crippen LogP contribution in [0.2, 0.25) is 0 Å². The van der Waals surface area contributed by atoms with E-state index in [0.29, 0.717) is 5.56 Å². The van der Waals surface area contributed by atoms with E-state index in [1.807, 2.05) is 0 Å². The van der Waals surface area contributed by atoms with Crippen molar-refractivity contribution in [3.63, 3.8) is 0 Å². The van der Waals surface area contributed by atoms with Crippen LogP contribution in [0.25, 0.3) is 6.08 Å². The van der Waals surface area contributed by atoms with Crippen LogP contribution in [0.5, 0.6) is 0 Å². The number of hydrogen-bond donors (Lipinski definition) is 0. The quantitative estimate of drug-likeness (QED) is 0.250. The van der Waals surface area contributed by atoms with Crippen molar-refractivity contribution in [1.29, 1.82) is 0 Å². The summed E-state index contributed by atoms with van der Waals surface area (Å²) in [6.45, 7) is 0.988. The first-order chi connectivity index (χ1) is 7.63. The van der Waals surface area contributed by atoms with Crippen molar-refractivity contribution in [2.45, 2.75) is 0 Å². The number of hydrogen-bond acceptors (Lipinski definition) is 5. The van der Waals surface area contributed by atoms with E-state index in [1.165, 1.54) is 30.3 Å². The Morgan fingerprint density at radius 1 is 1.38 bits per heavy atom. The number of nitro benzene ring substituents is 1. The summed E-state index contributed by atoms with van der Waals surface area (Å²) < 4.78 is 3.89. The van der Waals surface area contributed by atoms with E-state index in [-0.39, 0.29) is 5.69 Å². The minimum Gasteiger partial charge on any atom is -0.381 e. The Kier molecular flexibility index (Phi) is 3.90. The Labute approximate surface area is 90.3 Å². The summed E-state index contributed by atoms with van der Waals surface area (Å²) in [4.78, 5) is 30.2. The Balaban J connectivity index is 2.72. The molecular weight excluding hydrogens is 214 g/mol. The van der Waals surface area contributed by atoms with Crippen LogP contribution >= 0.6 is 0 Å². The third-order valence-corrected chi connectivity index (χ3v) is 1.66. The molecule has 0 spiro atoms. The lowest BCUT2D eigenvalue weighted by Gasteiger charge is -1.93. The van der Waals surface area contributed by atoms with E-state index in [1.54, 1.807) is 0 Å². The van der Waals surface area contributed by atoms with Gasteiger partial charge in [0.05, 0.1) is 4.92 Å². The van der Waals surface area contributed by atoms with Crippen LogP contribution in [0.4, 0.5) is 5.69 Å². The van der Waals surface area contributed by atoms with Gasteiger partial charge in [-0.3, -0.25) is 10.1 Å². The Morgan fingerprint density at radius 3 is 2.50 bits per heavy atom. The van der Waals surface area contributed by atoms with Crippen molar-refractivity contribution in [2.24, 2.45) is 0 Å². The minimum absolute atomic E-state index is 0.0408. The smallest absolute Gasteiger partial charge is 0.381 e. The van der Waals surface area contributed by atoms with Crippen molar-refractivity contribution >= 4 is 24.2 Å². The van der Waals surface area contributed by atoms with Crippen molar-refractivity contribution in [2.75, 3.05) is 0 Å². The molecule has 0 N–H and O–H groups in total. The highest BCUT2D eigenvalue weighted by Crippen LogP contribution is 2.12. The first-order valence-electron chi connectivity index (χ1n) is 4.14. The van der Waals surface area contributed by atoms with Gasteiger partial charge in [0, 0.05) is 18.2 Å². The molecule has 0 aliphatic carbocycles. The number of carbonyl (C=O) groups excluding carboxylic acids is 2. The number of nitro groups is 1. The first-order valence-corrected chi connectivity index (χ1v) is 4.14. The molecule has 0 heterocycles. The fraction of sp³-hybridized carbons (Fsp3) is 0. The van der Waals surface area contributed by atoms with Gasteiger partial charge in [-0.05, 0) is 23.8 Å². The van der Waals surface area contributed by atoms with Crippen molar-refractivity contribution in [3.05, 3.63) is 46.0 Å². The Bertz CT molecular complexity index is 435. The molecule has 0 unspecified atom stereocenters. The third kappa shape index (κ3) is 3.33. The lowest BCUT2D eigenvalue weighted by molar-refractivity contribution is -0.384. The summed E-state index contributed by atoms with van der Waals surface area (Å²) in [5.41, 5.74) is 0.536. The molecule has 0 saturated heterocycles. The van der Waals surface area contributed by atoms with Crippen molar-refractivity contribution in [1.82, 2.24) is 0 Å². The Hall–Kier alpha value is -2.50. The summed E-state index contributed by atoms with van der Waals surface area (Å²) in [6.07, 6.45) is 2.38. The van der Waals surface area contributed by atoms with Crippen LogP contribution in [0.1, 0.15) is 5.56 Å². The summed E-state index contributed by atoms with van der Waals surface area (Å²) >= 11 is 0. The fourth-order valence-corrected chi connectivity index (χ4v) is 0.947. The summed E-state index contributed by atoms with van der Waals surface area (Å²) in [5.74, 6) is -0.853. The highest BCUT2D eigenvalue weighted by atomic mass is 16.6. The molecule has 0 aliphatic rings. The summed E-state index contributed by atoms with van der Waals surface area (Å²) in [5, 5.41) is 10.3. The third-order valence-electron chi connectivity index (χ3n) is 1.66. The van der Waals surface area contributed by atoms with Gasteiger partial charge in [-0.25, -0.2) is 9.59 Å². The SMILES string of the molecule is O=[C]OC(=O)/C=C/c1ccc([N+](=O)[O-])cc1. The molecule has 1 aromatic rings. The molecule has 0 bridgehead atoms. The van der Waals surface area contributed by atoms with Crippen LogP contribution in [0.15, 0.2) is 30.3 Å². The molecule has 0 saturated carbocycles. The van der Waals surface area contributed by atoms with Crippen LogP contribution in [0.3, 0.4) is 0 Å². The van der Waals surface area contributed by atoms with Crippen LogP contribution in [-0.2, 0) is 14.3 Å². The number of nitrogens with zero attached hydrogens (tertiary/aromatic N) is 1. The molecule has 1 aromatic carbocycles. The van der Waals surface area contributed by atoms with E-state index in [9.17, 15) is 19.7 Å². The molecule has 1 radical (unpaired) electrons. The van der Waals surface area contributed by atoms with Crippen LogP contribution < -0.4 is 0 Å². The normalized spacial score (nSPS) is 10.0. The predicted octanol–water partition coefficient (Wildman–Crippen LogP) is 1.22. The molecule has 6 nitrogen and oxygen atoms in total. The maximum Gasteiger partial charge on any atom is 0.425 e. The van der Waals surface area contributed by atoms with Gasteiger partial charge < -0.3 is 4.74 Å². The molecule has 0 amide bonds. The van der Waals surface area contributed by atoms with Crippen LogP contribution in [0, 0.1) is 10.1 Å². The van der Waals surface area contributed by atoms with Gasteiger partial charge >= 0.3 is 12.4 Å². The van der Waals surface area contributed by atoms with E-state index < -0.39 is 10.9 Å². The number of esters is 1. The standard InChI is InChI=1S/C10H6NO5/c12-7-16-10(13)6-3-8-1-4-9(5-2-8)11(14)15/h1-6H/b6-3+. The molecule has 0 aliphatic heterocycles. The summed E-state index contributed by atoms with van der Waals surface area (Å²) in [7, 11) is 0. The average Bonchev–Trinajstić information content (AvgIpc) is 2.27. The number of benzene rings is 1. The highest BCUT2D eigenvalue weighted by molar-refractivity contribution is 5.90. The van der Waals surface area contributed by atoms with Gasteiger partial charge in [0.1, 0.15) is 0 Å². The van der Waals surface area contributed by atoms with Crippen molar-refractivity contribution in [3.8, 4) is 0 Å². The molecule has 1 rings (SSSR count). The number of carbonyl (C=O) groups is 1. The second-order valence-electron chi connectivity index (χ2n) is 2.69. The van der Waals surface area contributed by atoms with Crippen molar-refractivity contribution < 1.29 is 19.2 Å². The van der Waals surface area contributed by atoms with E-state index in [0.717, 1.165) is 12.5 Å². The van der Waals surface area contributed by atoms with E-state index in [4.69, 9.17) is 0 Å². The van der Waals surface area contributed by atoms with Gasteiger partial charge in [-0.2, -0.15) is 0 Å². The predicted molar refractivity (Wildman–Crippen MR) is 53.9 cm³/mol. The number of rotatable bonds is 4. The zero-order valence-electron chi connectivity index (χ0n) is 7.95. The van der Waals surface area contributed by atoms with Gasteiger partial charge in [0.2, 0.25) is 0 Å². The average molecular weight is 220 g/mol. The van der Waals surface area contributed by atoms with Gasteiger partial charge in [-0.15, -0.1) is 0 Å². The van der Waals surface area contributed by atoms with E-state index in [2.05, 4.69) is 4.74 Å². The zero-order valence-corrected chi connectivity index (χ0v) is 7.95. The molecule has 81 valence electrons. The summed E-state index contributed by atoms with van der Waals surface area (Å²) in [6, 6.07) is 5.53. The first kappa shape index (κ1) is 11.6. The number of ether oxygens (including phenoxy) is 1. The second kappa shape index (κ2) is 5.40. The lowest BCUT2D eigenvalue weighted by atomic mass is 10.2. The number of non-ortho nitro benzene ring substituents is 1. The second-order valence-corrected chi connectivity index (χ2v) is 2.69. The topological polar surface area (TPSA) is 86.5 Å². The molecule has 16 heavy (non-hydrogen) atoms. The van der Waals surface area contributed by atoms with Crippen LogP contribution in [-0.4, -0.2) is 17.4 Å². The zero-order chi connectivity index (χ0) is 12.0. The fourth-order valence-electron chi connectivity index (χ4n) is 0.947. The Morgan fingerprint density at radius 2 is 2.00 bits per heavy atom. The van der Waals surface area contributed by atoms with Gasteiger partial charge in [-0.1, -0.05) is 0 Å². The maximum absolute atomic E-state index is 10.7. The van der Waals surface area contributed by atoms with Gasteiger partial charge in [0.25, 0.3) is 5.69 Å². The maximum atomic E-state index is 10.7. The molecule has 0 fully saturated rings. The van der Waals surface area contributed by atoms with Gasteiger partial charge in [0.15, 0.2) is 0 Å². The highest BCUT2D eigenvalue weighted by Gasteiger charge is 2.02.